The normalized spacial score (nSPS) is 24.2. The maximum Gasteiger partial charge on any atom is 0.453 e. The number of hydrogen-bond donors (Lipinski definition) is 1. The molecule has 3 aromatic rings. The van der Waals surface area contributed by atoms with Gasteiger partial charge in [-0.25, -0.2) is 0 Å². The van der Waals surface area contributed by atoms with E-state index in [0.29, 0.717) is 18.3 Å². The molecule has 27 heavy (non-hydrogen) atoms. The van der Waals surface area contributed by atoms with Crippen LogP contribution in [-0.2, 0) is 18.0 Å². The molecule has 0 bridgehead atoms. The van der Waals surface area contributed by atoms with Crippen molar-refractivity contribution in [3.05, 3.63) is 53.3 Å². The Hall–Kier alpha value is -2.64. The Morgan fingerprint density at radius 3 is 2.85 bits per heavy atom. The third kappa shape index (κ3) is 2.65. The van der Waals surface area contributed by atoms with E-state index in [1.807, 2.05) is 0 Å². The van der Waals surface area contributed by atoms with E-state index in [9.17, 15) is 13.2 Å². The molecule has 0 aliphatic heterocycles. The highest BCUT2D eigenvalue weighted by Crippen LogP contribution is 2.60. The summed E-state index contributed by atoms with van der Waals surface area (Å²) in [6.45, 7) is 0.691. The number of nitrogens with zero attached hydrogens (tertiary/aromatic N) is 4. The third-order valence-corrected chi connectivity index (χ3v) is 5.90. The van der Waals surface area contributed by atoms with Crippen LogP contribution < -0.4 is 5.32 Å². The van der Waals surface area contributed by atoms with Gasteiger partial charge >= 0.3 is 6.18 Å². The number of aryl methyl sites for hydroxylation is 1. The van der Waals surface area contributed by atoms with Gasteiger partial charge in [0.05, 0.1) is 0 Å². The van der Waals surface area contributed by atoms with Gasteiger partial charge in [0.15, 0.2) is 5.65 Å². The molecule has 140 valence electrons. The van der Waals surface area contributed by atoms with Crippen molar-refractivity contribution in [3.63, 3.8) is 0 Å². The zero-order chi connectivity index (χ0) is 18.6. The van der Waals surface area contributed by atoms with E-state index in [2.05, 4.69) is 44.9 Å². The number of fused-ring (bicyclic) bond motifs is 3. The van der Waals surface area contributed by atoms with E-state index in [1.165, 1.54) is 30.0 Å². The summed E-state index contributed by atoms with van der Waals surface area (Å²) in [5.41, 5.74) is 3.19. The minimum Gasteiger partial charge on any atom is -0.368 e. The van der Waals surface area contributed by atoms with Crippen molar-refractivity contribution in [2.24, 2.45) is 5.92 Å². The van der Waals surface area contributed by atoms with Crippen molar-refractivity contribution in [1.82, 2.24) is 19.8 Å². The molecule has 2 aromatic heterocycles. The molecule has 0 amide bonds. The molecule has 1 saturated carbocycles. The molecule has 1 aromatic carbocycles. The lowest BCUT2D eigenvalue weighted by molar-refractivity contribution is -0.146. The molecule has 5 rings (SSSR count). The second kappa shape index (κ2) is 5.68. The molecule has 2 atom stereocenters. The fraction of sp³-hybridized carbons (Fsp3) is 0.421. The predicted octanol–water partition coefficient (Wildman–Crippen LogP) is 3.85. The van der Waals surface area contributed by atoms with Crippen LogP contribution in [0.5, 0.6) is 0 Å². The average molecular weight is 373 g/mol. The van der Waals surface area contributed by atoms with Gasteiger partial charge in [0.2, 0.25) is 0 Å². The number of aromatic nitrogens is 4. The molecule has 8 heteroatoms. The topological polar surface area (TPSA) is 55.1 Å². The third-order valence-electron chi connectivity index (χ3n) is 5.90. The van der Waals surface area contributed by atoms with Gasteiger partial charge in [-0.05, 0) is 54.9 Å². The fourth-order valence-electron chi connectivity index (χ4n) is 4.53. The van der Waals surface area contributed by atoms with Gasteiger partial charge in [0.25, 0.3) is 5.82 Å². The second-order valence-electron chi connectivity index (χ2n) is 7.46. The standard InChI is InChI=1S/C19H18F3N5/c20-19(21,22)17-25-24-16-8-7-15(26-27(16)17)23-11-13-10-18(13)9-3-5-12-4-1-2-6-14(12)18/h1-2,4,6-8,13H,3,5,9-11H2,(H,23,26). The molecular formula is C19H18F3N5. The average Bonchev–Trinajstić information content (AvgIpc) is 3.15. The summed E-state index contributed by atoms with van der Waals surface area (Å²) in [6.07, 6.45) is 0.0150. The van der Waals surface area contributed by atoms with Gasteiger partial charge in [0.1, 0.15) is 5.82 Å². The fourth-order valence-corrected chi connectivity index (χ4v) is 4.53. The molecular weight excluding hydrogens is 355 g/mol. The Kier molecular flexibility index (Phi) is 3.47. The summed E-state index contributed by atoms with van der Waals surface area (Å²) in [5.74, 6) is -0.233. The minimum atomic E-state index is -4.59. The van der Waals surface area contributed by atoms with Gasteiger partial charge < -0.3 is 5.32 Å². The first-order chi connectivity index (χ1) is 13.0. The summed E-state index contributed by atoms with van der Waals surface area (Å²) >= 11 is 0. The first-order valence-corrected chi connectivity index (χ1v) is 9.09. The zero-order valence-electron chi connectivity index (χ0n) is 14.5. The van der Waals surface area contributed by atoms with E-state index < -0.39 is 12.0 Å². The molecule has 1 fully saturated rings. The van der Waals surface area contributed by atoms with Crippen LogP contribution in [0.1, 0.15) is 36.2 Å². The maximum absolute atomic E-state index is 13.0. The highest BCUT2D eigenvalue weighted by Gasteiger charge is 2.56. The van der Waals surface area contributed by atoms with Crippen molar-refractivity contribution in [2.75, 3.05) is 11.9 Å². The number of benzene rings is 1. The zero-order valence-corrected chi connectivity index (χ0v) is 14.5. The molecule has 0 radical (unpaired) electrons. The van der Waals surface area contributed by atoms with Crippen molar-refractivity contribution < 1.29 is 13.2 Å². The highest BCUT2D eigenvalue weighted by atomic mass is 19.4. The van der Waals surface area contributed by atoms with Crippen LogP contribution in [0.2, 0.25) is 0 Å². The Bertz CT molecular complexity index is 1010. The van der Waals surface area contributed by atoms with Crippen molar-refractivity contribution in [3.8, 4) is 0 Å². The summed E-state index contributed by atoms with van der Waals surface area (Å²) in [5, 5.41) is 14.0. The van der Waals surface area contributed by atoms with E-state index in [4.69, 9.17) is 0 Å². The smallest absolute Gasteiger partial charge is 0.368 e. The Labute approximate surface area is 153 Å². The van der Waals surface area contributed by atoms with Crippen molar-refractivity contribution in [1.29, 1.82) is 0 Å². The summed E-state index contributed by atoms with van der Waals surface area (Å²) in [4.78, 5) is 0. The summed E-state index contributed by atoms with van der Waals surface area (Å²) in [6, 6.07) is 11.8. The van der Waals surface area contributed by atoms with Gasteiger partial charge in [-0.15, -0.1) is 15.3 Å². The SMILES string of the molecule is FC(F)(F)c1nnc2ccc(NCC3CC34CCCc3ccccc34)nn12. The molecule has 5 nitrogen and oxygen atoms in total. The van der Waals surface area contributed by atoms with Crippen LogP contribution in [0, 0.1) is 5.92 Å². The van der Waals surface area contributed by atoms with E-state index in [1.54, 1.807) is 6.07 Å². The van der Waals surface area contributed by atoms with E-state index in [0.717, 1.165) is 17.4 Å². The molecule has 2 aliphatic rings. The first-order valence-electron chi connectivity index (χ1n) is 9.09. The lowest BCUT2D eigenvalue weighted by Gasteiger charge is -2.26. The minimum absolute atomic E-state index is 0.0805. The summed E-state index contributed by atoms with van der Waals surface area (Å²) in [7, 11) is 0. The van der Waals surface area contributed by atoms with Gasteiger partial charge in [-0.3, -0.25) is 0 Å². The van der Waals surface area contributed by atoms with Gasteiger partial charge in [-0.1, -0.05) is 24.3 Å². The van der Waals surface area contributed by atoms with Crippen LogP contribution in [0.25, 0.3) is 5.65 Å². The number of hydrogen-bond acceptors (Lipinski definition) is 4. The van der Waals surface area contributed by atoms with Gasteiger partial charge in [0, 0.05) is 12.0 Å². The largest absolute Gasteiger partial charge is 0.453 e. The van der Waals surface area contributed by atoms with Crippen LogP contribution >= 0.6 is 0 Å². The number of halogens is 3. The molecule has 2 heterocycles. The van der Waals surface area contributed by atoms with Crippen LogP contribution in [0.3, 0.4) is 0 Å². The summed E-state index contributed by atoms with van der Waals surface area (Å²) < 4.78 is 39.8. The van der Waals surface area contributed by atoms with Crippen molar-refractivity contribution >= 4 is 11.5 Å². The Morgan fingerprint density at radius 1 is 1.15 bits per heavy atom. The van der Waals surface area contributed by atoms with Gasteiger partial charge in [-0.2, -0.15) is 17.7 Å². The highest BCUT2D eigenvalue weighted by molar-refractivity contribution is 5.46. The molecule has 2 aliphatic carbocycles. The lowest BCUT2D eigenvalue weighted by atomic mass is 9.78. The Morgan fingerprint density at radius 2 is 2.00 bits per heavy atom. The van der Waals surface area contributed by atoms with Crippen LogP contribution in [-0.4, -0.2) is 26.4 Å². The molecule has 1 spiro atoms. The maximum atomic E-state index is 13.0. The second-order valence-corrected chi connectivity index (χ2v) is 7.46. The number of nitrogens with one attached hydrogen (secondary N) is 1. The predicted molar refractivity (Wildman–Crippen MR) is 93.4 cm³/mol. The van der Waals surface area contributed by atoms with Crippen LogP contribution in [0.4, 0.5) is 19.0 Å². The van der Waals surface area contributed by atoms with E-state index in [-0.39, 0.29) is 11.1 Å². The van der Waals surface area contributed by atoms with E-state index >= 15 is 0 Å². The number of alkyl halides is 3. The molecule has 0 saturated heterocycles. The molecule has 1 N–H and O–H groups in total. The number of rotatable bonds is 3. The van der Waals surface area contributed by atoms with Crippen molar-refractivity contribution in [2.45, 2.75) is 37.3 Å². The Balaban J connectivity index is 1.35. The molecule has 2 unspecified atom stereocenters. The quantitative estimate of drug-likeness (QED) is 0.758. The van der Waals surface area contributed by atoms with Crippen LogP contribution in [0.15, 0.2) is 36.4 Å². The lowest BCUT2D eigenvalue weighted by Crippen LogP contribution is -2.21. The monoisotopic (exact) mass is 373 g/mol. The number of anilines is 1. The first kappa shape index (κ1) is 16.5.